The molecule has 0 aliphatic carbocycles. The molecule has 0 bridgehead atoms. The molecule has 3 heteroatoms. The molecule has 2 aromatic rings. The Morgan fingerprint density at radius 3 is 2.75 bits per heavy atom. The minimum atomic E-state index is -0.0661. The number of carbonyl (C=O) groups is 1. The Labute approximate surface area is 94.7 Å². The summed E-state index contributed by atoms with van der Waals surface area (Å²) >= 11 is 0. The molecule has 0 fully saturated rings. The van der Waals surface area contributed by atoms with Gasteiger partial charge in [0.2, 0.25) is 0 Å². The second-order valence-corrected chi connectivity index (χ2v) is 3.83. The zero-order valence-corrected chi connectivity index (χ0v) is 9.21. The van der Waals surface area contributed by atoms with Crippen molar-refractivity contribution in [3.05, 3.63) is 54.6 Å². The molecule has 1 aromatic carbocycles. The van der Waals surface area contributed by atoms with Gasteiger partial charge >= 0.3 is 0 Å². The van der Waals surface area contributed by atoms with Crippen molar-refractivity contribution in [2.75, 3.05) is 0 Å². The molecule has 0 saturated carbocycles. The summed E-state index contributed by atoms with van der Waals surface area (Å²) in [7, 11) is 0. The van der Waals surface area contributed by atoms with Crippen molar-refractivity contribution >= 4 is 5.78 Å². The van der Waals surface area contributed by atoms with E-state index in [1.807, 2.05) is 37.3 Å². The van der Waals surface area contributed by atoms with Gasteiger partial charge in [0.25, 0.3) is 0 Å². The minimum absolute atomic E-state index is 0.0661. The maximum Gasteiger partial charge on any atom is 0.159 e. The van der Waals surface area contributed by atoms with E-state index in [0.29, 0.717) is 6.54 Å². The molecule has 0 radical (unpaired) electrons. The number of hydrogen-bond acceptors (Lipinski definition) is 2. The third kappa shape index (κ3) is 2.37. The smallest absolute Gasteiger partial charge is 0.159 e. The van der Waals surface area contributed by atoms with Crippen molar-refractivity contribution in [3.8, 4) is 0 Å². The number of ketones is 1. The number of rotatable bonds is 4. The molecule has 2 rings (SSSR count). The zero-order valence-electron chi connectivity index (χ0n) is 9.21. The molecule has 0 aliphatic heterocycles. The summed E-state index contributed by atoms with van der Waals surface area (Å²) in [4.78, 5) is 15.9. The fourth-order valence-corrected chi connectivity index (χ4v) is 1.62. The Morgan fingerprint density at radius 2 is 2.12 bits per heavy atom. The van der Waals surface area contributed by atoms with Gasteiger partial charge in [0.05, 0.1) is 12.9 Å². The van der Waals surface area contributed by atoms with Crippen molar-refractivity contribution < 1.29 is 4.79 Å². The van der Waals surface area contributed by atoms with Crippen molar-refractivity contribution in [1.82, 2.24) is 9.55 Å². The van der Waals surface area contributed by atoms with Gasteiger partial charge in [-0.25, -0.2) is 4.98 Å². The van der Waals surface area contributed by atoms with Crippen LogP contribution in [0.4, 0.5) is 0 Å². The van der Waals surface area contributed by atoms with Crippen molar-refractivity contribution in [2.24, 2.45) is 0 Å². The molecule has 0 aliphatic rings. The van der Waals surface area contributed by atoms with Gasteiger partial charge in [-0.3, -0.25) is 4.79 Å². The van der Waals surface area contributed by atoms with Crippen molar-refractivity contribution in [3.63, 3.8) is 0 Å². The zero-order chi connectivity index (χ0) is 11.4. The third-order valence-corrected chi connectivity index (χ3v) is 2.68. The average molecular weight is 214 g/mol. The molecule has 82 valence electrons. The molecule has 1 heterocycles. The number of carbonyl (C=O) groups excluding carboxylic acids is 1. The molecule has 1 atom stereocenters. The second-order valence-electron chi connectivity index (χ2n) is 3.83. The van der Waals surface area contributed by atoms with Crippen LogP contribution in [0.2, 0.25) is 0 Å². The van der Waals surface area contributed by atoms with Crippen LogP contribution in [0, 0.1) is 0 Å². The molecular formula is C13H14N2O. The van der Waals surface area contributed by atoms with E-state index in [1.54, 1.807) is 23.3 Å². The molecular weight excluding hydrogens is 200 g/mol. The average Bonchev–Trinajstić information content (AvgIpc) is 2.82. The number of Topliss-reactive ketones (excluding diaryl/α,β-unsaturated/α-hetero) is 1. The first-order chi connectivity index (χ1) is 7.77. The first-order valence-corrected chi connectivity index (χ1v) is 5.31. The van der Waals surface area contributed by atoms with Crippen LogP contribution in [-0.2, 0) is 11.3 Å². The highest BCUT2D eigenvalue weighted by molar-refractivity contribution is 5.85. The van der Waals surface area contributed by atoms with Crippen LogP contribution in [0.5, 0.6) is 0 Å². The second kappa shape index (κ2) is 4.75. The fourth-order valence-electron chi connectivity index (χ4n) is 1.62. The Hall–Kier alpha value is -1.90. The van der Waals surface area contributed by atoms with Crippen LogP contribution < -0.4 is 0 Å². The Bertz CT molecular complexity index is 448. The number of aromatic nitrogens is 2. The SMILES string of the molecule is CC(C(=O)Cn1ccnc1)c1ccccc1. The van der Waals surface area contributed by atoms with E-state index in [-0.39, 0.29) is 11.7 Å². The summed E-state index contributed by atoms with van der Waals surface area (Å²) in [5.74, 6) is 0.132. The third-order valence-electron chi connectivity index (χ3n) is 2.68. The van der Waals surface area contributed by atoms with E-state index in [0.717, 1.165) is 5.56 Å². The molecule has 0 spiro atoms. The van der Waals surface area contributed by atoms with Crippen molar-refractivity contribution in [1.29, 1.82) is 0 Å². The lowest BCUT2D eigenvalue weighted by atomic mass is 9.97. The maximum atomic E-state index is 12.0. The summed E-state index contributed by atoms with van der Waals surface area (Å²) in [6.07, 6.45) is 5.14. The van der Waals surface area contributed by atoms with Gasteiger partial charge in [-0.1, -0.05) is 37.3 Å². The molecule has 3 nitrogen and oxygen atoms in total. The van der Waals surface area contributed by atoms with E-state index in [2.05, 4.69) is 4.98 Å². The first kappa shape index (κ1) is 10.6. The fraction of sp³-hybridized carbons (Fsp3) is 0.231. The molecule has 1 unspecified atom stereocenters. The summed E-state index contributed by atoms with van der Waals surface area (Å²) < 4.78 is 1.79. The Kier molecular flexibility index (Phi) is 3.15. The highest BCUT2D eigenvalue weighted by Gasteiger charge is 2.14. The summed E-state index contributed by atoms with van der Waals surface area (Å²) in [5, 5.41) is 0. The number of benzene rings is 1. The largest absolute Gasteiger partial charge is 0.330 e. The standard InChI is InChI=1S/C13H14N2O/c1-11(12-5-3-2-4-6-12)13(16)9-15-8-7-14-10-15/h2-8,10-11H,9H2,1H3. The Balaban J connectivity index is 2.05. The lowest BCUT2D eigenvalue weighted by molar-refractivity contribution is -0.120. The molecule has 0 amide bonds. The van der Waals surface area contributed by atoms with Crippen LogP contribution >= 0.6 is 0 Å². The van der Waals surface area contributed by atoms with E-state index in [4.69, 9.17) is 0 Å². The minimum Gasteiger partial charge on any atom is -0.330 e. The summed E-state index contributed by atoms with van der Waals surface area (Å²) in [6.45, 7) is 2.32. The molecule has 0 saturated heterocycles. The van der Waals surface area contributed by atoms with Gasteiger partial charge in [-0.2, -0.15) is 0 Å². The van der Waals surface area contributed by atoms with E-state index in [9.17, 15) is 4.79 Å². The molecule has 1 aromatic heterocycles. The number of hydrogen-bond donors (Lipinski definition) is 0. The van der Waals surface area contributed by atoms with Gasteiger partial charge in [0.1, 0.15) is 0 Å². The topological polar surface area (TPSA) is 34.9 Å². The van der Waals surface area contributed by atoms with E-state index in [1.165, 1.54) is 0 Å². The quantitative estimate of drug-likeness (QED) is 0.782. The number of nitrogens with zero attached hydrogens (tertiary/aromatic N) is 2. The van der Waals surface area contributed by atoms with Gasteiger partial charge in [0.15, 0.2) is 5.78 Å². The van der Waals surface area contributed by atoms with Crippen LogP contribution in [-0.4, -0.2) is 15.3 Å². The van der Waals surface area contributed by atoms with Crippen LogP contribution in [0.15, 0.2) is 49.1 Å². The van der Waals surface area contributed by atoms with Crippen LogP contribution in [0.1, 0.15) is 18.4 Å². The lowest BCUT2D eigenvalue weighted by Crippen LogP contribution is -2.15. The highest BCUT2D eigenvalue weighted by Crippen LogP contribution is 2.16. The summed E-state index contributed by atoms with van der Waals surface area (Å²) in [5.41, 5.74) is 1.06. The molecule has 0 N–H and O–H groups in total. The van der Waals surface area contributed by atoms with Crippen LogP contribution in [0.25, 0.3) is 0 Å². The Morgan fingerprint density at radius 1 is 1.38 bits per heavy atom. The first-order valence-electron chi connectivity index (χ1n) is 5.31. The van der Waals surface area contributed by atoms with Crippen LogP contribution in [0.3, 0.4) is 0 Å². The van der Waals surface area contributed by atoms with Crippen molar-refractivity contribution in [2.45, 2.75) is 19.4 Å². The number of imidazole rings is 1. The molecule has 16 heavy (non-hydrogen) atoms. The van der Waals surface area contributed by atoms with Gasteiger partial charge < -0.3 is 4.57 Å². The van der Waals surface area contributed by atoms with E-state index >= 15 is 0 Å². The predicted octanol–water partition coefficient (Wildman–Crippen LogP) is 2.26. The highest BCUT2D eigenvalue weighted by atomic mass is 16.1. The lowest BCUT2D eigenvalue weighted by Gasteiger charge is -2.10. The normalized spacial score (nSPS) is 12.3. The predicted molar refractivity (Wildman–Crippen MR) is 62.1 cm³/mol. The van der Waals surface area contributed by atoms with Gasteiger partial charge in [0, 0.05) is 18.3 Å². The monoisotopic (exact) mass is 214 g/mol. The maximum absolute atomic E-state index is 12.0. The van der Waals surface area contributed by atoms with Gasteiger partial charge in [-0.15, -0.1) is 0 Å². The van der Waals surface area contributed by atoms with E-state index < -0.39 is 0 Å². The summed E-state index contributed by atoms with van der Waals surface area (Å²) in [6, 6.07) is 9.83. The van der Waals surface area contributed by atoms with Gasteiger partial charge in [-0.05, 0) is 5.56 Å².